The van der Waals surface area contributed by atoms with Gasteiger partial charge in [-0.25, -0.2) is 0 Å². The number of fused-ring (bicyclic) bond motifs is 1. The predicted molar refractivity (Wildman–Crippen MR) is 69.9 cm³/mol. The van der Waals surface area contributed by atoms with E-state index in [0.29, 0.717) is 0 Å². The Bertz CT molecular complexity index is 517. The molecule has 0 saturated carbocycles. The molecule has 1 aliphatic heterocycles. The van der Waals surface area contributed by atoms with Crippen LogP contribution in [0.3, 0.4) is 0 Å². The summed E-state index contributed by atoms with van der Waals surface area (Å²) in [5.41, 5.74) is 1.26. The molecule has 0 amide bonds. The van der Waals surface area contributed by atoms with E-state index in [0.717, 1.165) is 25.4 Å². The maximum absolute atomic E-state index is 5.82. The molecular weight excluding hydrogens is 234 g/mol. The van der Waals surface area contributed by atoms with E-state index in [-0.39, 0.29) is 6.10 Å². The molecule has 0 bridgehead atoms. The van der Waals surface area contributed by atoms with Gasteiger partial charge in [0.2, 0.25) is 0 Å². The van der Waals surface area contributed by atoms with Gasteiger partial charge in [-0.1, -0.05) is 6.07 Å². The molecule has 3 nitrogen and oxygen atoms in total. The van der Waals surface area contributed by atoms with Gasteiger partial charge in [-0.15, -0.1) is 11.3 Å². The molecule has 0 radical (unpaired) electrons. The van der Waals surface area contributed by atoms with Crippen LogP contribution in [-0.4, -0.2) is 26.8 Å². The molecule has 0 spiro atoms. The lowest BCUT2D eigenvalue weighted by Crippen LogP contribution is -2.33. The normalized spacial score (nSPS) is 20.6. The quantitative estimate of drug-likeness (QED) is 0.887. The van der Waals surface area contributed by atoms with Gasteiger partial charge in [-0.2, -0.15) is 0 Å². The van der Waals surface area contributed by atoms with Crippen molar-refractivity contribution in [2.75, 3.05) is 26.8 Å². The second-order valence-electron chi connectivity index (χ2n) is 4.08. The topological polar surface area (TPSA) is 30.5 Å². The molecule has 1 saturated heterocycles. The van der Waals surface area contributed by atoms with Crippen LogP contribution in [-0.2, 0) is 4.74 Å². The highest BCUT2D eigenvalue weighted by molar-refractivity contribution is 7.17. The van der Waals surface area contributed by atoms with Crippen LogP contribution in [0.5, 0.6) is 5.75 Å². The minimum absolute atomic E-state index is 0.159. The molecule has 2 heterocycles. The van der Waals surface area contributed by atoms with E-state index in [4.69, 9.17) is 9.47 Å². The SMILES string of the molecule is COc1ccc(C2CNCCO2)c2ccsc12. The lowest BCUT2D eigenvalue weighted by molar-refractivity contribution is 0.0286. The zero-order chi connectivity index (χ0) is 11.7. The summed E-state index contributed by atoms with van der Waals surface area (Å²) >= 11 is 1.72. The molecule has 1 aliphatic rings. The van der Waals surface area contributed by atoms with Gasteiger partial charge in [0.25, 0.3) is 0 Å². The van der Waals surface area contributed by atoms with Crippen LogP contribution in [0.15, 0.2) is 23.6 Å². The molecule has 3 rings (SSSR count). The highest BCUT2D eigenvalue weighted by atomic mass is 32.1. The first kappa shape index (κ1) is 11.0. The van der Waals surface area contributed by atoms with Gasteiger partial charge >= 0.3 is 0 Å². The number of benzene rings is 1. The fraction of sp³-hybridized carbons (Fsp3) is 0.385. The van der Waals surface area contributed by atoms with Crippen molar-refractivity contribution in [3.05, 3.63) is 29.1 Å². The Morgan fingerprint density at radius 3 is 3.12 bits per heavy atom. The summed E-state index contributed by atoms with van der Waals surface area (Å²) in [6.07, 6.45) is 0.159. The molecule has 17 heavy (non-hydrogen) atoms. The zero-order valence-corrected chi connectivity index (χ0v) is 10.5. The Morgan fingerprint density at radius 2 is 2.35 bits per heavy atom. The van der Waals surface area contributed by atoms with Gasteiger partial charge < -0.3 is 14.8 Å². The molecule has 1 atom stereocenters. The first-order chi connectivity index (χ1) is 8.40. The van der Waals surface area contributed by atoms with Crippen LogP contribution in [0.4, 0.5) is 0 Å². The average Bonchev–Trinajstić information content (AvgIpc) is 2.88. The number of methoxy groups -OCH3 is 1. The van der Waals surface area contributed by atoms with Gasteiger partial charge in [0.15, 0.2) is 0 Å². The van der Waals surface area contributed by atoms with Crippen molar-refractivity contribution in [3.63, 3.8) is 0 Å². The minimum Gasteiger partial charge on any atom is -0.495 e. The van der Waals surface area contributed by atoms with E-state index < -0.39 is 0 Å². The van der Waals surface area contributed by atoms with Crippen LogP contribution >= 0.6 is 11.3 Å². The first-order valence-corrected chi connectivity index (χ1v) is 6.64. The van der Waals surface area contributed by atoms with E-state index in [1.165, 1.54) is 15.6 Å². The fourth-order valence-corrected chi connectivity index (χ4v) is 3.19. The summed E-state index contributed by atoms with van der Waals surface area (Å²) in [6.45, 7) is 2.61. The third-order valence-corrected chi connectivity index (χ3v) is 4.04. The number of rotatable bonds is 2. The lowest BCUT2D eigenvalue weighted by Gasteiger charge is -2.24. The second-order valence-corrected chi connectivity index (χ2v) is 5.00. The largest absolute Gasteiger partial charge is 0.495 e. The van der Waals surface area contributed by atoms with E-state index in [1.807, 2.05) is 6.07 Å². The smallest absolute Gasteiger partial charge is 0.136 e. The third kappa shape index (κ3) is 1.92. The van der Waals surface area contributed by atoms with Gasteiger partial charge in [-0.3, -0.25) is 0 Å². The van der Waals surface area contributed by atoms with Crippen LogP contribution in [0.25, 0.3) is 10.1 Å². The highest BCUT2D eigenvalue weighted by Crippen LogP contribution is 2.36. The van der Waals surface area contributed by atoms with Crippen LogP contribution < -0.4 is 10.1 Å². The fourth-order valence-electron chi connectivity index (χ4n) is 2.27. The molecule has 4 heteroatoms. The Hall–Kier alpha value is -1.10. The van der Waals surface area contributed by atoms with Gasteiger partial charge in [0.05, 0.1) is 24.5 Å². The van der Waals surface area contributed by atoms with Crippen LogP contribution in [0.1, 0.15) is 11.7 Å². The summed E-state index contributed by atoms with van der Waals surface area (Å²) in [5, 5.41) is 6.72. The molecular formula is C13H15NO2S. The van der Waals surface area contributed by atoms with E-state index >= 15 is 0 Å². The van der Waals surface area contributed by atoms with Crippen molar-refractivity contribution in [1.29, 1.82) is 0 Å². The Balaban J connectivity index is 2.07. The summed E-state index contributed by atoms with van der Waals surface area (Å²) in [6, 6.07) is 6.30. The zero-order valence-electron chi connectivity index (χ0n) is 9.73. The Morgan fingerprint density at radius 1 is 1.41 bits per heavy atom. The highest BCUT2D eigenvalue weighted by Gasteiger charge is 2.19. The van der Waals surface area contributed by atoms with Crippen LogP contribution in [0, 0.1) is 0 Å². The predicted octanol–water partition coefficient (Wildman–Crippen LogP) is 2.57. The summed E-state index contributed by atoms with van der Waals surface area (Å²) < 4.78 is 12.4. The molecule has 1 unspecified atom stereocenters. The van der Waals surface area contributed by atoms with Crippen molar-refractivity contribution in [2.24, 2.45) is 0 Å². The molecule has 1 aromatic carbocycles. The van der Waals surface area contributed by atoms with Crippen molar-refractivity contribution in [2.45, 2.75) is 6.10 Å². The maximum Gasteiger partial charge on any atom is 0.136 e. The van der Waals surface area contributed by atoms with E-state index in [9.17, 15) is 0 Å². The molecule has 1 aromatic heterocycles. The lowest BCUT2D eigenvalue weighted by atomic mass is 10.0. The number of hydrogen-bond acceptors (Lipinski definition) is 4. The van der Waals surface area contributed by atoms with E-state index in [2.05, 4.69) is 22.8 Å². The Labute approximate surface area is 104 Å². The first-order valence-electron chi connectivity index (χ1n) is 5.76. The van der Waals surface area contributed by atoms with Crippen LogP contribution in [0.2, 0.25) is 0 Å². The van der Waals surface area contributed by atoms with Gasteiger partial charge in [-0.05, 0) is 23.1 Å². The number of hydrogen-bond donors (Lipinski definition) is 1. The van der Waals surface area contributed by atoms with Crippen molar-refractivity contribution in [3.8, 4) is 5.75 Å². The van der Waals surface area contributed by atoms with E-state index in [1.54, 1.807) is 18.4 Å². The summed E-state index contributed by atoms with van der Waals surface area (Å²) in [4.78, 5) is 0. The van der Waals surface area contributed by atoms with Crippen molar-refractivity contribution < 1.29 is 9.47 Å². The average molecular weight is 249 g/mol. The third-order valence-electron chi connectivity index (χ3n) is 3.11. The number of nitrogens with one attached hydrogen (secondary N) is 1. The number of thiophene rings is 1. The Kier molecular flexibility index (Phi) is 3.01. The number of ether oxygens (including phenoxy) is 2. The summed E-state index contributed by atoms with van der Waals surface area (Å²) in [5.74, 6) is 0.947. The van der Waals surface area contributed by atoms with Gasteiger partial charge in [0.1, 0.15) is 5.75 Å². The monoisotopic (exact) mass is 249 g/mol. The summed E-state index contributed by atoms with van der Waals surface area (Å²) in [7, 11) is 1.72. The molecule has 1 fully saturated rings. The second kappa shape index (κ2) is 4.64. The van der Waals surface area contributed by atoms with Gasteiger partial charge in [0, 0.05) is 18.5 Å². The molecule has 2 aromatic rings. The molecule has 1 N–H and O–H groups in total. The number of morpholine rings is 1. The minimum atomic E-state index is 0.159. The van der Waals surface area contributed by atoms with Crippen molar-refractivity contribution >= 4 is 21.4 Å². The standard InChI is InChI=1S/C13H15NO2S/c1-15-11-3-2-9(10-4-7-17-13(10)11)12-8-14-5-6-16-12/h2-4,7,12,14H,5-6,8H2,1H3. The van der Waals surface area contributed by atoms with Crippen molar-refractivity contribution in [1.82, 2.24) is 5.32 Å². The molecule has 90 valence electrons. The molecule has 0 aliphatic carbocycles. The maximum atomic E-state index is 5.82.